The average Bonchev–Trinajstić information content (AvgIpc) is 2.88. The van der Waals surface area contributed by atoms with Crippen LogP contribution in [0.15, 0.2) is 79.0 Å². The molecule has 0 radical (unpaired) electrons. The van der Waals surface area contributed by atoms with Gasteiger partial charge in [0.15, 0.2) is 0 Å². The fourth-order valence-electron chi connectivity index (χ4n) is 4.52. The highest BCUT2D eigenvalue weighted by Crippen LogP contribution is 2.47. The Balaban J connectivity index is 1.94. The summed E-state index contributed by atoms with van der Waals surface area (Å²) >= 11 is 6.75. The molecule has 3 aromatic carbocycles. The predicted molar refractivity (Wildman–Crippen MR) is 150 cm³/mol. The van der Waals surface area contributed by atoms with Crippen LogP contribution in [0.1, 0.15) is 52.6 Å². The van der Waals surface area contributed by atoms with Crippen molar-refractivity contribution >= 4 is 46.6 Å². The SMILES string of the molecule is N#Cc1ccc(/C(=C(\c2ccc(/C=C/C(=O)O)cc2)c2ccc(/C(C=N)=C/N)cc2)C2CCC2)c(Cl)c1. The Morgan fingerprint density at radius 1 is 1.03 bits per heavy atom. The van der Waals surface area contributed by atoms with Gasteiger partial charge in [-0.05, 0) is 75.9 Å². The molecule has 0 atom stereocenters. The van der Waals surface area contributed by atoms with Crippen molar-refractivity contribution in [2.24, 2.45) is 11.7 Å². The van der Waals surface area contributed by atoms with Crippen LogP contribution in [0.3, 0.4) is 0 Å². The molecule has 0 heterocycles. The third kappa shape index (κ3) is 5.72. The first-order valence-corrected chi connectivity index (χ1v) is 12.3. The van der Waals surface area contributed by atoms with Crippen molar-refractivity contribution in [3.63, 3.8) is 0 Å². The number of nitrogens with one attached hydrogen (secondary N) is 1. The molecule has 4 rings (SSSR count). The summed E-state index contributed by atoms with van der Waals surface area (Å²) in [6.07, 6.45) is 8.54. The van der Waals surface area contributed by atoms with Gasteiger partial charge in [0, 0.05) is 29.1 Å². The van der Waals surface area contributed by atoms with Gasteiger partial charge in [0.05, 0.1) is 11.6 Å². The lowest BCUT2D eigenvalue weighted by Gasteiger charge is -2.32. The first-order valence-electron chi connectivity index (χ1n) is 11.9. The second-order valence-electron chi connectivity index (χ2n) is 8.86. The van der Waals surface area contributed by atoms with Crippen LogP contribution in [-0.4, -0.2) is 17.3 Å². The highest BCUT2D eigenvalue weighted by atomic mass is 35.5. The normalized spacial score (nSPS) is 14.5. The number of hydrogen-bond acceptors (Lipinski definition) is 4. The number of carbonyl (C=O) groups is 1. The van der Waals surface area contributed by atoms with Crippen LogP contribution < -0.4 is 5.73 Å². The Labute approximate surface area is 221 Å². The van der Waals surface area contributed by atoms with E-state index in [4.69, 9.17) is 27.9 Å². The fourth-order valence-corrected chi connectivity index (χ4v) is 4.80. The van der Waals surface area contributed by atoms with Crippen LogP contribution >= 0.6 is 11.6 Å². The highest BCUT2D eigenvalue weighted by molar-refractivity contribution is 6.33. The summed E-state index contributed by atoms with van der Waals surface area (Å²) < 4.78 is 0. The minimum atomic E-state index is -0.997. The van der Waals surface area contributed by atoms with E-state index in [1.807, 2.05) is 54.6 Å². The van der Waals surface area contributed by atoms with Gasteiger partial charge in [-0.2, -0.15) is 5.26 Å². The van der Waals surface area contributed by atoms with E-state index in [2.05, 4.69) is 6.07 Å². The molecule has 0 spiro atoms. The van der Waals surface area contributed by atoms with E-state index in [1.54, 1.807) is 18.2 Å². The van der Waals surface area contributed by atoms with Gasteiger partial charge in [0.1, 0.15) is 0 Å². The number of allylic oxidation sites excluding steroid dienone is 2. The molecule has 37 heavy (non-hydrogen) atoms. The number of benzene rings is 3. The quantitative estimate of drug-likeness (QED) is 0.173. The van der Waals surface area contributed by atoms with Gasteiger partial charge in [-0.15, -0.1) is 0 Å². The molecule has 3 aromatic rings. The van der Waals surface area contributed by atoms with E-state index in [0.717, 1.165) is 64.3 Å². The minimum Gasteiger partial charge on any atom is -0.478 e. The number of halogens is 1. The number of rotatable bonds is 8. The van der Waals surface area contributed by atoms with E-state index >= 15 is 0 Å². The van der Waals surface area contributed by atoms with Gasteiger partial charge in [0.25, 0.3) is 0 Å². The van der Waals surface area contributed by atoms with Gasteiger partial charge in [-0.25, -0.2) is 4.79 Å². The summed E-state index contributed by atoms with van der Waals surface area (Å²) in [5.41, 5.74) is 13.5. The van der Waals surface area contributed by atoms with Gasteiger partial charge >= 0.3 is 5.97 Å². The Kier molecular flexibility index (Phi) is 8.02. The molecule has 0 saturated heterocycles. The molecule has 1 aliphatic rings. The monoisotopic (exact) mass is 507 g/mol. The Hall–Kier alpha value is -4.40. The summed E-state index contributed by atoms with van der Waals surface area (Å²) in [6.45, 7) is 0. The van der Waals surface area contributed by atoms with Crippen LogP contribution in [0.5, 0.6) is 0 Å². The number of nitriles is 1. The molecule has 0 aromatic heterocycles. The molecule has 184 valence electrons. The van der Waals surface area contributed by atoms with E-state index in [0.29, 0.717) is 22.1 Å². The Morgan fingerprint density at radius 2 is 1.65 bits per heavy atom. The predicted octanol–water partition coefficient (Wildman–Crippen LogP) is 7.02. The topological polar surface area (TPSA) is 111 Å². The van der Waals surface area contributed by atoms with Crippen molar-refractivity contribution in [3.05, 3.63) is 117 Å². The molecule has 1 fully saturated rings. The third-order valence-corrected chi connectivity index (χ3v) is 6.94. The largest absolute Gasteiger partial charge is 0.478 e. The van der Waals surface area contributed by atoms with Gasteiger partial charge in [-0.3, -0.25) is 0 Å². The standard InChI is InChI=1S/C31H26ClN3O2/c32-28-16-21(17-33)6-14-27(28)31(23-2-1-3-23)30(24-8-4-20(5-9-24)7-15-29(36)37)25-12-10-22(11-13-25)26(18-34)19-35/h4-16,18-19,23,34H,1-3,35H2,(H,36,37)/b15-7+,26-19+,31-30+,34-18?. The lowest BCUT2D eigenvalue weighted by Crippen LogP contribution is -2.15. The molecule has 1 aliphatic carbocycles. The van der Waals surface area contributed by atoms with E-state index in [1.165, 1.54) is 12.4 Å². The average molecular weight is 508 g/mol. The van der Waals surface area contributed by atoms with Crippen molar-refractivity contribution in [2.75, 3.05) is 0 Å². The van der Waals surface area contributed by atoms with Crippen LogP contribution in [0.25, 0.3) is 22.8 Å². The highest BCUT2D eigenvalue weighted by Gasteiger charge is 2.28. The number of nitrogens with zero attached hydrogens (tertiary/aromatic N) is 1. The van der Waals surface area contributed by atoms with Crippen LogP contribution in [0.4, 0.5) is 0 Å². The maximum atomic E-state index is 10.9. The molecular formula is C31H26ClN3O2. The number of nitrogens with two attached hydrogens (primary N) is 1. The zero-order valence-electron chi connectivity index (χ0n) is 20.1. The first kappa shape index (κ1) is 25.7. The van der Waals surface area contributed by atoms with E-state index in [9.17, 15) is 10.1 Å². The van der Waals surface area contributed by atoms with E-state index < -0.39 is 5.97 Å². The zero-order chi connectivity index (χ0) is 26.4. The molecule has 0 amide bonds. The molecule has 0 unspecified atom stereocenters. The van der Waals surface area contributed by atoms with Gasteiger partial charge in [0.2, 0.25) is 0 Å². The van der Waals surface area contributed by atoms with Crippen molar-refractivity contribution in [1.82, 2.24) is 0 Å². The summed E-state index contributed by atoms with van der Waals surface area (Å²) in [5.74, 6) is -0.684. The lowest BCUT2D eigenvalue weighted by molar-refractivity contribution is -0.131. The summed E-state index contributed by atoms with van der Waals surface area (Å²) in [6, 6.07) is 23.3. The first-order chi connectivity index (χ1) is 17.9. The molecule has 0 bridgehead atoms. The summed E-state index contributed by atoms with van der Waals surface area (Å²) in [4.78, 5) is 10.9. The molecule has 5 nitrogen and oxygen atoms in total. The van der Waals surface area contributed by atoms with E-state index in [-0.39, 0.29) is 0 Å². The fraction of sp³-hybridized carbons (Fsp3) is 0.129. The molecule has 0 aliphatic heterocycles. The molecule has 6 heteroatoms. The van der Waals surface area contributed by atoms with Crippen molar-refractivity contribution in [3.8, 4) is 6.07 Å². The van der Waals surface area contributed by atoms with Gasteiger partial charge < -0.3 is 16.2 Å². The van der Waals surface area contributed by atoms with Crippen molar-refractivity contribution in [1.29, 1.82) is 10.7 Å². The maximum absolute atomic E-state index is 10.9. The molecule has 1 saturated carbocycles. The van der Waals surface area contributed by atoms with Crippen molar-refractivity contribution in [2.45, 2.75) is 19.3 Å². The number of aliphatic carboxylic acids is 1. The number of carboxylic acid groups (broad SMARTS) is 1. The third-order valence-electron chi connectivity index (χ3n) is 6.63. The second-order valence-corrected chi connectivity index (χ2v) is 9.27. The molecular weight excluding hydrogens is 482 g/mol. The number of carboxylic acids is 1. The summed E-state index contributed by atoms with van der Waals surface area (Å²) in [7, 11) is 0. The Bertz CT molecular complexity index is 1460. The van der Waals surface area contributed by atoms with Crippen LogP contribution in [-0.2, 0) is 4.79 Å². The maximum Gasteiger partial charge on any atom is 0.328 e. The Morgan fingerprint density at radius 3 is 2.14 bits per heavy atom. The second kappa shape index (κ2) is 11.6. The van der Waals surface area contributed by atoms with Crippen LogP contribution in [0, 0.1) is 22.7 Å². The minimum absolute atomic E-state index is 0.313. The van der Waals surface area contributed by atoms with Crippen LogP contribution in [0.2, 0.25) is 5.02 Å². The van der Waals surface area contributed by atoms with Gasteiger partial charge in [-0.1, -0.05) is 72.6 Å². The smallest absolute Gasteiger partial charge is 0.328 e. The zero-order valence-corrected chi connectivity index (χ0v) is 20.9. The number of hydrogen-bond donors (Lipinski definition) is 3. The lowest BCUT2D eigenvalue weighted by atomic mass is 9.73. The summed E-state index contributed by atoms with van der Waals surface area (Å²) in [5, 5.41) is 26.5. The molecule has 4 N–H and O–H groups in total. The van der Waals surface area contributed by atoms with Crippen molar-refractivity contribution < 1.29 is 9.90 Å².